The van der Waals surface area contributed by atoms with Crippen molar-refractivity contribution in [1.29, 1.82) is 0 Å². The number of aromatic amines is 1. The smallest absolute Gasteiger partial charge is 0.230 e. The first-order valence-electron chi connectivity index (χ1n) is 8.13. The standard InChI is InChI=1S/C17H22N4OS/c22-16(11-23-17-18-12-19-21-17)20-15-9-5-4-8-14(15)10-13-6-2-1-3-7-13/h1-3,6-7,12,14-15H,4-5,8-11H2,(H,20,22)(H,18,19,21)/t14-,15+/m1/s1. The van der Waals surface area contributed by atoms with Crippen LogP contribution in [0.25, 0.3) is 0 Å². The van der Waals surface area contributed by atoms with Crippen LogP contribution in [0.2, 0.25) is 0 Å². The second-order valence-electron chi connectivity index (χ2n) is 5.99. The highest BCUT2D eigenvalue weighted by Crippen LogP contribution is 2.27. The van der Waals surface area contributed by atoms with E-state index in [1.54, 1.807) is 0 Å². The van der Waals surface area contributed by atoms with Crippen molar-refractivity contribution in [3.8, 4) is 0 Å². The van der Waals surface area contributed by atoms with Crippen molar-refractivity contribution in [2.24, 2.45) is 5.92 Å². The molecule has 0 unspecified atom stereocenters. The molecule has 1 heterocycles. The molecule has 0 saturated heterocycles. The first kappa shape index (κ1) is 16.1. The van der Waals surface area contributed by atoms with Gasteiger partial charge in [-0.3, -0.25) is 9.89 Å². The van der Waals surface area contributed by atoms with E-state index in [4.69, 9.17) is 0 Å². The van der Waals surface area contributed by atoms with Crippen molar-refractivity contribution in [2.45, 2.75) is 43.3 Å². The summed E-state index contributed by atoms with van der Waals surface area (Å²) >= 11 is 1.39. The SMILES string of the molecule is O=C(CSc1ncn[nH]1)N[C@H]1CCCC[C@@H]1Cc1ccccc1. The number of thioether (sulfide) groups is 1. The Morgan fingerprint density at radius 1 is 1.26 bits per heavy atom. The van der Waals surface area contributed by atoms with Crippen molar-refractivity contribution >= 4 is 17.7 Å². The highest BCUT2D eigenvalue weighted by molar-refractivity contribution is 7.99. The molecule has 1 aliphatic rings. The number of nitrogens with one attached hydrogen (secondary N) is 2. The molecule has 1 aromatic heterocycles. The molecule has 23 heavy (non-hydrogen) atoms. The first-order chi connectivity index (χ1) is 11.3. The molecule has 0 aliphatic heterocycles. The van der Waals surface area contributed by atoms with Crippen LogP contribution in [0.1, 0.15) is 31.2 Å². The monoisotopic (exact) mass is 330 g/mol. The lowest BCUT2D eigenvalue weighted by molar-refractivity contribution is -0.119. The molecular formula is C17H22N4OS. The summed E-state index contributed by atoms with van der Waals surface area (Å²) in [5.41, 5.74) is 1.36. The van der Waals surface area contributed by atoms with E-state index in [0.29, 0.717) is 16.8 Å². The molecule has 0 spiro atoms. The number of benzene rings is 1. The predicted molar refractivity (Wildman–Crippen MR) is 91.1 cm³/mol. The first-order valence-corrected chi connectivity index (χ1v) is 9.11. The number of H-pyrrole nitrogens is 1. The Kier molecular flexibility index (Phi) is 5.69. The Balaban J connectivity index is 1.52. The zero-order chi connectivity index (χ0) is 15.9. The van der Waals surface area contributed by atoms with Crippen LogP contribution in [-0.4, -0.2) is 32.9 Å². The van der Waals surface area contributed by atoms with Crippen molar-refractivity contribution < 1.29 is 4.79 Å². The summed E-state index contributed by atoms with van der Waals surface area (Å²) in [6.45, 7) is 0. The number of carbonyl (C=O) groups excluding carboxylic acids is 1. The summed E-state index contributed by atoms with van der Waals surface area (Å²) in [7, 11) is 0. The highest BCUT2D eigenvalue weighted by Gasteiger charge is 2.26. The maximum absolute atomic E-state index is 12.2. The quantitative estimate of drug-likeness (QED) is 0.799. The van der Waals surface area contributed by atoms with Gasteiger partial charge in [-0.1, -0.05) is 54.9 Å². The molecule has 2 aromatic rings. The molecule has 1 amide bonds. The number of rotatable bonds is 6. The van der Waals surface area contributed by atoms with Gasteiger partial charge in [-0.05, 0) is 30.7 Å². The van der Waals surface area contributed by atoms with Gasteiger partial charge < -0.3 is 5.32 Å². The van der Waals surface area contributed by atoms with E-state index < -0.39 is 0 Å². The summed E-state index contributed by atoms with van der Waals surface area (Å²) in [6.07, 6.45) is 7.23. The number of hydrogen-bond acceptors (Lipinski definition) is 4. The molecule has 1 saturated carbocycles. The molecular weight excluding hydrogens is 308 g/mol. The van der Waals surface area contributed by atoms with Crippen LogP contribution in [0.3, 0.4) is 0 Å². The third-order valence-corrected chi connectivity index (χ3v) is 5.21. The third-order valence-electron chi connectivity index (χ3n) is 4.33. The highest BCUT2D eigenvalue weighted by atomic mass is 32.2. The molecule has 1 aliphatic carbocycles. The minimum atomic E-state index is 0.0800. The van der Waals surface area contributed by atoms with Crippen LogP contribution in [0.5, 0.6) is 0 Å². The van der Waals surface area contributed by atoms with Crippen molar-refractivity contribution in [3.63, 3.8) is 0 Å². The largest absolute Gasteiger partial charge is 0.352 e. The van der Waals surface area contributed by atoms with Crippen LogP contribution < -0.4 is 5.32 Å². The Hall–Kier alpha value is -1.82. The van der Waals surface area contributed by atoms with Gasteiger partial charge in [0.05, 0.1) is 5.75 Å². The Morgan fingerprint density at radius 2 is 2.09 bits per heavy atom. The fraction of sp³-hybridized carbons (Fsp3) is 0.471. The van der Waals surface area contributed by atoms with Gasteiger partial charge in [-0.15, -0.1) is 0 Å². The van der Waals surface area contributed by atoms with Gasteiger partial charge >= 0.3 is 0 Å². The van der Waals surface area contributed by atoms with Crippen LogP contribution in [-0.2, 0) is 11.2 Å². The topological polar surface area (TPSA) is 70.7 Å². The lowest BCUT2D eigenvalue weighted by atomic mass is 9.80. The second kappa shape index (κ2) is 8.15. The van der Waals surface area contributed by atoms with E-state index in [2.05, 4.69) is 44.8 Å². The zero-order valence-electron chi connectivity index (χ0n) is 13.1. The van der Waals surface area contributed by atoms with Crippen LogP contribution in [0, 0.1) is 5.92 Å². The Bertz CT molecular complexity index is 602. The number of amides is 1. The molecule has 0 bridgehead atoms. The van der Waals surface area contributed by atoms with Gasteiger partial charge in [-0.2, -0.15) is 5.10 Å². The second-order valence-corrected chi connectivity index (χ2v) is 6.95. The Labute approximate surface area is 140 Å². The van der Waals surface area contributed by atoms with Crippen molar-refractivity contribution in [1.82, 2.24) is 20.5 Å². The van der Waals surface area contributed by atoms with E-state index in [1.165, 1.54) is 42.9 Å². The van der Waals surface area contributed by atoms with Crippen LogP contribution >= 0.6 is 11.8 Å². The molecule has 3 rings (SSSR count). The average molecular weight is 330 g/mol. The fourth-order valence-electron chi connectivity index (χ4n) is 3.21. The van der Waals surface area contributed by atoms with Crippen LogP contribution in [0.4, 0.5) is 0 Å². The molecule has 122 valence electrons. The number of carbonyl (C=O) groups is 1. The van der Waals surface area contributed by atoms with Gasteiger partial charge in [0.25, 0.3) is 0 Å². The van der Waals surface area contributed by atoms with Crippen LogP contribution in [0.15, 0.2) is 41.8 Å². The van der Waals surface area contributed by atoms with Crippen molar-refractivity contribution in [3.05, 3.63) is 42.2 Å². The molecule has 1 aromatic carbocycles. The van der Waals surface area contributed by atoms with Gasteiger partial charge in [0.15, 0.2) is 5.16 Å². The molecule has 2 N–H and O–H groups in total. The Morgan fingerprint density at radius 3 is 2.87 bits per heavy atom. The van der Waals surface area contributed by atoms with E-state index in [9.17, 15) is 4.79 Å². The fourth-order valence-corrected chi connectivity index (χ4v) is 3.80. The summed E-state index contributed by atoms with van der Waals surface area (Å²) in [4.78, 5) is 16.2. The number of nitrogens with zero attached hydrogens (tertiary/aromatic N) is 2. The third kappa shape index (κ3) is 4.82. The summed E-state index contributed by atoms with van der Waals surface area (Å²) in [5, 5.41) is 10.5. The van der Waals surface area contributed by atoms with E-state index >= 15 is 0 Å². The van der Waals surface area contributed by atoms with E-state index in [1.807, 2.05) is 6.07 Å². The molecule has 6 heteroatoms. The lowest BCUT2D eigenvalue weighted by Gasteiger charge is -2.32. The maximum Gasteiger partial charge on any atom is 0.230 e. The normalized spacial score (nSPS) is 21.0. The predicted octanol–water partition coefficient (Wildman–Crippen LogP) is 2.81. The summed E-state index contributed by atoms with van der Waals surface area (Å²) < 4.78 is 0. The summed E-state index contributed by atoms with van der Waals surface area (Å²) in [5.74, 6) is 0.991. The van der Waals surface area contributed by atoms with Gasteiger partial charge in [-0.25, -0.2) is 4.98 Å². The van der Waals surface area contributed by atoms with E-state index in [0.717, 1.165) is 12.8 Å². The van der Waals surface area contributed by atoms with Gasteiger partial charge in [0, 0.05) is 6.04 Å². The minimum absolute atomic E-state index is 0.0800. The van der Waals surface area contributed by atoms with E-state index in [-0.39, 0.29) is 11.9 Å². The lowest BCUT2D eigenvalue weighted by Crippen LogP contribution is -2.43. The molecule has 2 atom stereocenters. The van der Waals surface area contributed by atoms with Gasteiger partial charge in [0.1, 0.15) is 6.33 Å². The zero-order valence-corrected chi connectivity index (χ0v) is 13.9. The van der Waals surface area contributed by atoms with Gasteiger partial charge in [0.2, 0.25) is 5.91 Å². The molecule has 5 nitrogen and oxygen atoms in total. The maximum atomic E-state index is 12.2. The number of hydrogen-bond donors (Lipinski definition) is 2. The minimum Gasteiger partial charge on any atom is -0.352 e. The van der Waals surface area contributed by atoms with Crippen molar-refractivity contribution in [2.75, 3.05) is 5.75 Å². The molecule has 1 fully saturated rings. The summed E-state index contributed by atoms with van der Waals surface area (Å²) in [6, 6.07) is 10.8. The average Bonchev–Trinajstić information content (AvgIpc) is 3.09. The molecule has 0 radical (unpaired) electrons. The number of aromatic nitrogens is 3.